The van der Waals surface area contributed by atoms with Gasteiger partial charge in [-0.05, 0) is 24.0 Å². The zero-order valence-corrected chi connectivity index (χ0v) is 11.9. The Morgan fingerprint density at radius 3 is 2.87 bits per heavy atom. The van der Waals surface area contributed by atoms with Crippen molar-refractivity contribution in [1.29, 1.82) is 0 Å². The summed E-state index contributed by atoms with van der Waals surface area (Å²) < 4.78 is 4.21. The van der Waals surface area contributed by atoms with Crippen molar-refractivity contribution in [3.05, 3.63) is 24.0 Å². The molecule has 78 valence electrons. The Labute approximate surface area is 116 Å². The Morgan fingerprint density at radius 2 is 2.27 bits per heavy atom. The second-order valence-electron chi connectivity index (χ2n) is 2.98. The molecule has 0 saturated carbocycles. The molecule has 4 nitrogen and oxygen atoms in total. The van der Waals surface area contributed by atoms with E-state index < -0.39 is 0 Å². The molecule has 0 aliphatic rings. The fraction of sp³-hybridized carbons (Fsp3) is 0.444. The summed E-state index contributed by atoms with van der Waals surface area (Å²) in [6.45, 7) is 4.23. The van der Waals surface area contributed by atoms with E-state index in [0.29, 0.717) is 5.92 Å². The minimum atomic E-state index is 0. The quantitative estimate of drug-likeness (QED) is 0.279. The molecule has 0 radical (unpaired) electrons. The average molecular weight is 237 g/mol. The van der Waals surface area contributed by atoms with E-state index in [1.165, 1.54) is 0 Å². The van der Waals surface area contributed by atoms with Crippen LogP contribution >= 0.6 is 12.0 Å². The van der Waals surface area contributed by atoms with Gasteiger partial charge in [0.25, 0.3) is 0 Å². The van der Waals surface area contributed by atoms with Gasteiger partial charge in [0.1, 0.15) is 0 Å². The van der Waals surface area contributed by atoms with Gasteiger partial charge in [0.2, 0.25) is 0 Å². The van der Waals surface area contributed by atoms with Crippen molar-refractivity contribution < 1.29 is 44.2 Å². The molecule has 0 aliphatic heterocycles. The average Bonchev–Trinajstić information content (AvgIpc) is 2.25. The van der Waals surface area contributed by atoms with Gasteiger partial charge >= 0.3 is 29.6 Å². The summed E-state index contributed by atoms with van der Waals surface area (Å²) in [4.78, 5) is 4.81. The van der Waals surface area contributed by atoms with E-state index in [9.17, 15) is 5.26 Å². The van der Waals surface area contributed by atoms with Gasteiger partial charge in [-0.2, -0.15) is 4.33 Å². The maximum absolute atomic E-state index is 9.61. The third kappa shape index (κ3) is 5.31. The molecule has 6 heteroatoms. The van der Waals surface area contributed by atoms with E-state index in [4.69, 9.17) is 0 Å². The smallest absolute Gasteiger partial charge is 0.691 e. The summed E-state index contributed by atoms with van der Waals surface area (Å²) in [6, 6.07) is 1.94. The Morgan fingerprint density at radius 1 is 1.53 bits per heavy atom. The van der Waals surface area contributed by atoms with Crippen molar-refractivity contribution in [2.45, 2.75) is 31.1 Å². The first kappa shape index (κ1) is 15.4. The molecule has 0 bridgehead atoms. The standard InChI is InChI=1S/C9H13NO3S.Na/c1-3-7(2)8-4-9(6-10-5-8)14-13-12-11;/h4-7,11H,3H2,1-2H3;/q;+1/p-1. The molecule has 0 spiro atoms. The second kappa shape index (κ2) is 8.52. The fourth-order valence-electron chi connectivity index (χ4n) is 1.04. The number of nitrogens with zero attached hydrogens (tertiary/aromatic N) is 1. The molecule has 0 aromatic carbocycles. The van der Waals surface area contributed by atoms with Crippen LogP contribution in [0.5, 0.6) is 0 Å². The van der Waals surface area contributed by atoms with Crippen molar-refractivity contribution >= 4 is 12.0 Å². The molecule has 1 unspecified atom stereocenters. The zero-order chi connectivity index (χ0) is 10.4. The van der Waals surface area contributed by atoms with Gasteiger partial charge in [0.15, 0.2) is 0 Å². The fourth-order valence-corrected chi connectivity index (χ4v) is 1.43. The Bertz CT molecular complexity index is 288. The number of hydrogen-bond acceptors (Lipinski definition) is 5. The minimum Gasteiger partial charge on any atom is -0.691 e. The van der Waals surface area contributed by atoms with E-state index in [-0.39, 0.29) is 29.6 Å². The molecular formula is C9H12NNaO3S. The van der Waals surface area contributed by atoms with Crippen molar-refractivity contribution in [2.75, 3.05) is 0 Å². The molecule has 1 rings (SSSR count). The third-order valence-electron chi connectivity index (χ3n) is 2.07. The van der Waals surface area contributed by atoms with Crippen LogP contribution in [0.25, 0.3) is 0 Å². The molecule has 1 heterocycles. The van der Waals surface area contributed by atoms with Gasteiger partial charge in [-0.15, -0.1) is 0 Å². The number of pyridine rings is 1. The van der Waals surface area contributed by atoms with Gasteiger partial charge in [0.05, 0.1) is 16.9 Å². The molecule has 15 heavy (non-hydrogen) atoms. The predicted octanol–water partition coefficient (Wildman–Crippen LogP) is -1.17. The third-order valence-corrected chi connectivity index (χ3v) is 2.61. The molecule has 0 amide bonds. The molecule has 0 fully saturated rings. The van der Waals surface area contributed by atoms with Crippen LogP contribution in [0.2, 0.25) is 0 Å². The predicted molar refractivity (Wildman–Crippen MR) is 51.0 cm³/mol. The molecule has 1 aromatic heterocycles. The van der Waals surface area contributed by atoms with Gasteiger partial charge in [-0.1, -0.05) is 13.8 Å². The van der Waals surface area contributed by atoms with Crippen molar-refractivity contribution in [2.24, 2.45) is 0 Å². The Hall–Kier alpha value is 0.380. The van der Waals surface area contributed by atoms with Crippen LogP contribution in [0, 0.1) is 0 Å². The van der Waals surface area contributed by atoms with Crippen molar-refractivity contribution in [3.63, 3.8) is 0 Å². The number of hydrogen-bond donors (Lipinski definition) is 0. The van der Waals surface area contributed by atoms with Crippen molar-refractivity contribution in [3.8, 4) is 0 Å². The van der Waals surface area contributed by atoms with Crippen LogP contribution in [0.1, 0.15) is 31.7 Å². The second-order valence-corrected chi connectivity index (χ2v) is 3.76. The first-order valence-corrected chi connectivity index (χ1v) is 5.10. The maximum atomic E-state index is 9.61. The molecular weight excluding hydrogens is 225 g/mol. The largest absolute Gasteiger partial charge is 1.00 e. The van der Waals surface area contributed by atoms with Gasteiger partial charge in [0, 0.05) is 12.4 Å². The summed E-state index contributed by atoms with van der Waals surface area (Å²) in [5.41, 5.74) is 1.13. The molecule has 1 atom stereocenters. The van der Waals surface area contributed by atoms with Crippen molar-refractivity contribution in [1.82, 2.24) is 4.98 Å². The van der Waals surface area contributed by atoms with Gasteiger partial charge < -0.3 is 5.26 Å². The van der Waals surface area contributed by atoms with E-state index in [0.717, 1.165) is 28.9 Å². The number of rotatable bonds is 5. The summed E-state index contributed by atoms with van der Waals surface area (Å²) in [6.07, 6.45) is 4.49. The monoisotopic (exact) mass is 237 g/mol. The molecule has 0 saturated heterocycles. The Balaban J connectivity index is 0.00000196. The van der Waals surface area contributed by atoms with Crippen LogP contribution in [0.3, 0.4) is 0 Å². The molecule has 0 aliphatic carbocycles. The molecule has 1 aromatic rings. The summed E-state index contributed by atoms with van der Waals surface area (Å²) in [5.74, 6) is 0.455. The topological polar surface area (TPSA) is 54.4 Å². The SMILES string of the molecule is CCC(C)c1cncc(SOO[O-])c1.[Na+]. The maximum Gasteiger partial charge on any atom is 1.00 e. The first-order chi connectivity index (χ1) is 6.77. The van der Waals surface area contributed by atoms with Crippen LogP contribution < -0.4 is 34.8 Å². The first-order valence-electron chi connectivity index (χ1n) is 4.36. The van der Waals surface area contributed by atoms with Crippen LogP contribution in [0.4, 0.5) is 0 Å². The van der Waals surface area contributed by atoms with Gasteiger partial charge in [-0.3, -0.25) is 10.0 Å². The van der Waals surface area contributed by atoms with Crippen LogP contribution in [-0.2, 0) is 9.37 Å². The van der Waals surface area contributed by atoms with E-state index in [1.54, 1.807) is 6.20 Å². The molecule has 0 N–H and O–H groups in total. The number of aromatic nitrogens is 1. The summed E-state index contributed by atoms with van der Waals surface area (Å²) in [7, 11) is 0. The Kier molecular flexibility index (Phi) is 8.74. The zero-order valence-electron chi connectivity index (χ0n) is 9.10. The van der Waals surface area contributed by atoms with Crippen LogP contribution in [0.15, 0.2) is 23.4 Å². The van der Waals surface area contributed by atoms with Gasteiger partial charge in [-0.25, -0.2) is 0 Å². The summed E-state index contributed by atoms with van der Waals surface area (Å²) in [5, 5.41) is 12.9. The van der Waals surface area contributed by atoms with E-state index in [1.807, 2.05) is 12.3 Å². The van der Waals surface area contributed by atoms with E-state index >= 15 is 0 Å². The van der Waals surface area contributed by atoms with Crippen LogP contribution in [-0.4, -0.2) is 4.98 Å². The normalized spacial score (nSPS) is 11.9. The minimum absolute atomic E-state index is 0. The summed E-state index contributed by atoms with van der Waals surface area (Å²) >= 11 is 0.865. The van der Waals surface area contributed by atoms with E-state index in [2.05, 4.69) is 28.2 Å².